The van der Waals surface area contributed by atoms with Crippen LogP contribution in [0.1, 0.15) is 23.3 Å². The Bertz CT molecular complexity index is 556. The van der Waals surface area contributed by atoms with Crippen molar-refractivity contribution in [3.63, 3.8) is 0 Å². The van der Waals surface area contributed by atoms with Gasteiger partial charge < -0.3 is 4.90 Å². The molecule has 1 aromatic carbocycles. The second-order valence-corrected chi connectivity index (χ2v) is 4.24. The zero-order valence-corrected chi connectivity index (χ0v) is 9.47. The average Bonchev–Trinajstić information content (AvgIpc) is 2.91. The first kappa shape index (κ1) is 10.2. The Hall–Kier alpha value is -1.97. The molecule has 0 aliphatic carbocycles. The Morgan fingerprint density at radius 1 is 1.12 bits per heavy atom. The van der Waals surface area contributed by atoms with Crippen molar-refractivity contribution in [3.05, 3.63) is 36.3 Å². The maximum atomic E-state index is 12.3. The van der Waals surface area contributed by atoms with Gasteiger partial charge >= 0.3 is 0 Å². The summed E-state index contributed by atoms with van der Waals surface area (Å²) in [6, 6.07) is 7.63. The standard InChI is InChI=1S/C13H13N3O/c17-13(16-7-3-4-8-16)12-10-5-1-2-6-11(10)14-9-15-12/h1-2,5-6,9H,3-4,7-8H2. The predicted octanol–water partition coefficient (Wildman–Crippen LogP) is 1.87. The van der Waals surface area contributed by atoms with E-state index in [9.17, 15) is 4.79 Å². The normalized spacial score (nSPS) is 15.4. The Morgan fingerprint density at radius 3 is 2.71 bits per heavy atom. The van der Waals surface area contributed by atoms with Crippen molar-refractivity contribution in [3.8, 4) is 0 Å². The van der Waals surface area contributed by atoms with Crippen LogP contribution in [0, 0.1) is 0 Å². The summed E-state index contributed by atoms with van der Waals surface area (Å²) in [7, 11) is 0. The number of carbonyl (C=O) groups is 1. The number of rotatable bonds is 1. The first-order valence-corrected chi connectivity index (χ1v) is 5.85. The summed E-state index contributed by atoms with van der Waals surface area (Å²) < 4.78 is 0. The molecule has 1 aromatic heterocycles. The molecule has 1 saturated heterocycles. The molecule has 2 aromatic rings. The highest BCUT2D eigenvalue weighted by molar-refractivity contribution is 6.04. The van der Waals surface area contributed by atoms with Crippen LogP contribution in [0.3, 0.4) is 0 Å². The summed E-state index contributed by atoms with van der Waals surface area (Å²) in [5.41, 5.74) is 1.35. The maximum absolute atomic E-state index is 12.3. The molecule has 17 heavy (non-hydrogen) atoms. The maximum Gasteiger partial charge on any atom is 0.273 e. The number of aromatic nitrogens is 2. The van der Waals surface area contributed by atoms with Gasteiger partial charge in [-0.15, -0.1) is 0 Å². The van der Waals surface area contributed by atoms with Crippen LogP contribution in [-0.4, -0.2) is 33.9 Å². The minimum atomic E-state index is 0.0288. The van der Waals surface area contributed by atoms with Gasteiger partial charge in [0.1, 0.15) is 12.0 Å². The van der Waals surface area contributed by atoms with Crippen molar-refractivity contribution in [2.75, 3.05) is 13.1 Å². The minimum absolute atomic E-state index is 0.0288. The van der Waals surface area contributed by atoms with Crippen molar-refractivity contribution in [1.82, 2.24) is 14.9 Å². The van der Waals surface area contributed by atoms with Gasteiger partial charge in [-0.05, 0) is 18.9 Å². The fraction of sp³-hybridized carbons (Fsp3) is 0.308. The van der Waals surface area contributed by atoms with Gasteiger partial charge in [0.2, 0.25) is 0 Å². The predicted molar refractivity (Wildman–Crippen MR) is 64.7 cm³/mol. The third kappa shape index (κ3) is 1.75. The van der Waals surface area contributed by atoms with Gasteiger partial charge in [0.25, 0.3) is 5.91 Å². The van der Waals surface area contributed by atoms with Crippen molar-refractivity contribution < 1.29 is 4.79 Å². The number of hydrogen-bond acceptors (Lipinski definition) is 3. The quantitative estimate of drug-likeness (QED) is 0.747. The first-order valence-electron chi connectivity index (χ1n) is 5.85. The molecule has 4 heteroatoms. The molecule has 2 heterocycles. The number of fused-ring (bicyclic) bond motifs is 1. The number of nitrogens with zero attached hydrogens (tertiary/aromatic N) is 3. The lowest BCUT2D eigenvalue weighted by Crippen LogP contribution is -2.28. The molecule has 86 valence electrons. The molecular weight excluding hydrogens is 214 g/mol. The van der Waals surface area contributed by atoms with E-state index in [1.165, 1.54) is 6.33 Å². The first-order chi connectivity index (χ1) is 8.36. The number of amides is 1. The molecule has 0 atom stereocenters. The number of likely N-dealkylation sites (tertiary alicyclic amines) is 1. The van der Waals surface area contributed by atoms with Crippen molar-refractivity contribution in [1.29, 1.82) is 0 Å². The van der Waals surface area contributed by atoms with Crippen LogP contribution in [0.15, 0.2) is 30.6 Å². The van der Waals surface area contributed by atoms with Gasteiger partial charge in [0.05, 0.1) is 5.52 Å². The fourth-order valence-corrected chi connectivity index (χ4v) is 2.25. The molecule has 0 saturated carbocycles. The minimum Gasteiger partial charge on any atom is -0.337 e. The lowest BCUT2D eigenvalue weighted by atomic mass is 10.2. The van der Waals surface area contributed by atoms with Crippen LogP contribution >= 0.6 is 0 Å². The fourth-order valence-electron chi connectivity index (χ4n) is 2.25. The van der Waals surface area contributed by atoms with E-state index in [-0.39, 0.29) is 5.91 Å². The lowest BCUT2D eigenvalue weighted by Gasteiger charge is -2.15. The Labute approximate surface area is 99.3 Å². The van der Waals surface area contributed by atoms with Crippen LogP contribution in [0.2, 0.25) is 0 Å². The van der Waals surface area contributed by atoms with Gasteiger partial charge in [-0.1, -0.05) is 18.2 Å². The van der Waals surface area contributed by atoms with Gasteiger partial charge in [0, 0.05) is 18.5 Å². The number of benzene rings is 1. The van der Waals surface area contributed by atoms with E-state index in [0.29, 0.717) is 5.69 Å². The molecule has 3 rings (SSSR count). The molecular formula is C13H13N3O. The number of para-hydroxylation sites is 1. The number of carbonyl (C=O) groups excluding carboxylic acids is 1. The molecule has 0 N–H and O–H groups in total. The van der Waals surface area contributed by atoms with Crippen molar-refractivity contribution >= 4 is 16.8 Å². The van der Waals surface area contributed by atoms with Crippen molar-refractivity contribution in [2.24, 2.45) is 0 Å². The van der Waals surface area contributed by atoms with Crippen molar-refractivity contribution in [2.45, 2.75) is 12.8 Å². The largest absolute Gasteiger partial charge is 0.337 e. The molecule has 0 spiro atoms. The molecule has 1 fully saturated rings. The SMILES string of the molecule is O=C(c1ncnc2ccccc12)N1CCCC1. The monoisotopic (exact) mass is 227 g/mol. The van der Waals surface area contributed by atoms with Crippen LogP contribution < -0.4 is 0 Å². The summed E-state index contributed by atoms with van der Waals surface area (Å²) in [4.78, 5) is 22.5. The summed E-state index contributed by atoms with van der Waals surface area (Å²) in [6.45, 7) is 1.69. The van der Waals surface area contributed by atoms with Gasteiger partial charge in [0.15, 0.2) is 0 Å². The third-order valence-corrected chi connectivity index (χ3v) is 3.14. The molecule has 0 unspecified atom stereocenters. The third-order valence-electron chi connectivity index (χ3n) is 3.14. The summed E-state index contributed by atoms with van der Waals surface area (Å²) >= 11 is 0. The Morgan fingerprint density at radius 2 is 1.88 bits per heavy atom. The lowest BCUT2D eigenvalue weighted by molar-refractivity contribution is 0.0789. The second-order valence-electron chi connectivity index (χ2n) is 4.24. The highest BCUT2D eigenvalue weighted by Crippen LogP contribution is 2.18. The summed E-state index contributed by atoms with van der Waals surface area (Å²) in [6.07, 6.45) is 3.65. The van der Waals surface area contributed by atoms with Gasteiger partial charge in [-0.2, -0.15) is 0 Å². The van der Waals surface area contributed by atoms with Crippen LogP contribution in [-0.2, 0) is 0 Å². The summed E-state index contributed by atoms with van der Waals surface area (Å²) in [5, 5.41) is 0.840. The molecule has 0 bridgehead atoms. The van der Waals surface area contributed by atoms with Crippen LogP contribution in [0.4, 0.5) is 0 Å². The summed E-state index contributed by atoms with van der Waals surface area (Å²) in [5.74, 6) is 0.0288. The van der Waals surface area contributed by atoms with E-state index in [0.717, 1.165) is 36.8 Å². The van der Waals surface area contributed by atoms with E-state index >= 15 is 0 Å². The van der Waals surface area contributed by atoms with E-state index in [4.69, 9.17) is 0 Å². The Balaban J connectivity index is 2.07. The highest BCUT2D eigenvalue weighted by atomic mass is 16.2. The average molecular weight is 227 g/mol. The molecule has 1 amide bonds. The molecule has 4 nitrogen and oxygen atoms in total. The van der Waals surface area contributed by atoms with Gasteiger partial charge in [-0.25, -0.2) is 9.97 Å². The van der Waals surface area contributed by atoms with E-state index in [1.54, 1.807) is 0 Å². The van der Waals surface area contributed by atoms with E-state index in [1.807, 2.05) is 29.2 Å². The topological polar surface area (TPSA) is 46.1 Å². The van der Waals surface area contributed by atoms with Crippen LogP contribution in [0.25, 0.3) is 10.9 Å². The van der Waals surface area contributed by atoms with Crippen LogP contribution in [0.5, 0.6) is 0 Å². The van der Waals surface area contributed by atoms with Gasteiger partial charge in [-0.3, -0.25) is 4.79 Å². The number of hydrogen-bond donors (Lipinski definition) is 0. The Kier molecular flexibility index (Phi) is 2.48. The smallest absolute Gasteiger partial charge is 0.273 e. The van der Waals surface area contributed by atoms with E-state index in [2.05, 4.69) is 9.97 Å². The molecule has 1 aliphatic heterocycles. The molecule has 1 aliphatic rings. The van der Waals surface area contributed by atoms with E-state index < -0.39 is 0 Å². The highest BCUT2D eigenvalue weighted by Gasteiger charge is 2.22. The zero-order chi connectivity index (χ0) is 11.7. The second kappa shape index (κ2) is 4.13. The zero-order valence-electron chi connectivity index (χ0n) is 9.47. The molecule has 0 radical (unpaired) electrons.